The number of ether oxygens (including phenoxy) is 1. The molecule has 1 aromatic heterocycles. The molecule has 2 atom stereocenters. The molecule has 0 saturated heterocycles. The van der Waals surface area contributed by atoms with Crippen LogP contribution in [0, 0.1) is 5.92 Å². The van der Waals surface area contributed by atoms with Crippen LogP contribution in [-0.4, -0.2) is 18.1 Å². The molecule has 0 aliphatic heterocycles. The quantitative estimate of drug-likeness (QED) is 0.767. The van der Waals surface area contributed by atoms with Crippen LogP contribution in [0.1, 0.15) is 13.3 Å². The van der Waals surface area contributed by atoms with Crippen LogP contribution in [0.25, 0.3) is 0 Å². The van der Waals surface area contributed by atoms with Gasteiger partial charge in [-0.05, 0) is 24.5 Å². The Hall–Kier alpha value is -1.25. The van der Waals surface area contributed by atoms with Crippen molar-refractivity contribution in [2.24, 2.45) is 5.92 Å². The monoisotopic (exact) mass is 178 g/mol. The number of methoxy groups -OCH3 is 1. The van der Waals surface area contributed by atoms with E-state index < -0.39 is 0 Å². The molecule has 1 aromatic rings. The van der Waals surface area contributed by atoms with Crippen LogP contribution in [0.4, 0.5) is 5.82 Å². The minimum Gasteiger partial charge on any atom is -0.493 e. The van der Waals surface area contributed by atoms with Crippen LogP contribution in [0.5, 0.6) is 5.75 Å². The molecule has 3 heteroatoms. The Morgan fingerprint density at radius 2 is 2.38 bits per heavy atom. The Labute approximate surface area is 78.1 Å². The van der Waals surface area contributed by atoms with Crippen molar-refractivity contribution in [3.63, 3.8) is 0 Å². The fraction of sp³-hybridized carbons (Fsp3) is 0.500. The van der Waals surface area contributed by atoms with Crippen molar-refractivity contribution in [2.45, 2.75) is 19.4 Å². The predicted octanol–water partition coefficient (Wildman–Crippen LogP) is 1.91. The van der Waals surface area contributed by atoms with Crippen LogP contribution in [0.2, 0.25) is 0 Å². The van der Waals surface area contributed by atoms with Gasteiger partial charge in [0, 0.05) is 12.2 Å². The summed E-state index contributed by atoms with van der Waals surface area (Å²) in [5.41, 5.74) is 0. The summed E-state index contributed by atoms with van der Waals surface area (Å²) >= 11 is 0. The van der Waals surface area contributed by atoms with Crippen molar-refractivity contribution in [3.8, 4) is 5.75 Å². The van der Waals surface area contributed by atoms with E-state index >= 15 is 0 Å². The highest BCUT2D eigenvalue weighted by molar-refractivity contribution is 5.51. The zero-order valence-electron chi connectivity index (χ0n) is 7.95. The average molecular weight is 178 g/mol. The lowest BCUT2D eigenvalue weighted by Gasteiger charge is -2.08. The van der Waals surface area contributed by atoms with Crippen molar-refractivity contribution < 1.29 is 4.74 Å². The smallest absolute Gasteiger partial charge is 0.168 e. The molecule has 0 radical (unpaired) electrons. The number of hydrogen-bond donors (Lipinski definition) is 1. The molecule has 70 valence electrons. The molecule has 1 aliphatic carbocycles. The molecular formula is C10H14N2O. The van der Waals surface area contributed by atoms with Crippen LogP contribution in [0.3, 0.4) is 0 Å². The van der Waals surface area contributed by atoms with Gasteiger partial charge in [-0.1, -0.05) is 6.92 Å². The molecule has 3 nitrogen and oxygen atoms in total. The van der Waals surface area contributed by atoms with Crippen LogP contribution < -0.4 is 10.1 Å². The molecule has 1 heterocycles. The summed E-state index contributed by atoms with van der Waals surface area (Å²) in [5.74, 6) is 2.45. The molecule has 1 N–H and O–H groups in total. The Morgan fingerprint density at radius 1 is 1.62 bits per heavy atom. The molecule has 0 aromatic carbocycles. The zero-order chi connectivity index (χ0) is 9.26. The second kappa shape index (κ2) is 3.24. The van der Waals surface area contributed by atoms with E-state index in [9.17, 15) is 0 Å². The summed E-state index contributed by atoms with van der Waals surface area (Å²) in [6, 6.07) is 4.38. The van der Waals surface area contributed by atoms with E-state index in [1.54, 1.807) is 13.3 Å². The van der Waals surface area contributed by atoms with E-state index in [0.29, 0.717) is 6.04 Å². The summed E-state index contributed by atoms with van der Waals surface area (Å²) in [5, 5.41) is 3.35. The summed E-state index contributed by atoms with van der Waals surface area (Å²) in [6.07, 6.45) is 3.01. The SMILES string of the molecule is COc1cccnc1NC1CC1C. The largest absolute Gasteiger partial charge is 0.493 e. The van der Waals surface area contributed by atoms with Crippen LogP contribution in [-0.2, 0) is 0 Å². The van der Waals surface area contributed by atoms with Gasteiger partial charge >= 0.3 is 0 Å². The molecular weight excluding hydrogens is 164 g/mol. The van der Waals surface area contributed by atoms with Crippen molar-refractivity contribution in [1.82, 2.24) is 4.98 Å². The van der Waals surface area contributed by atoms with E-state index in [0.717, 1.165) is 17.5 Å². The predicted molar refractivity (Wildman–Crippen MR) is 52.0 cm³/mol. The van der Waals surface area contributed by atoms with Crippen molar-refractivity contribution in [2.75, 3.05) is 12.4 Å². The highest BCUT2D eigenvalue weighted by Crippen LogP contribution is 2.34. The molecule has 0 amide bonds. The van der Waals surface area contributed by atoms with Crippen molar-refractivity contribution >= 4 is 5.82 Å². The lowest BCUT2D eigenvalue weighted by molar-refractivity contribution is 0.414. The third-order valence-electron chi connectivity index (χ3n) is 2.42. The van der Waals surface area contributed by atoms with E-state index in [2.05, 4.69) is 17.2 Å². The molecule has 1 saturated carbocycles. The van der Waals surface area contributed by atoms with Gasteiger partial charge in [-0.2, -0.15) is 0 Å². The molecule has 1 fully saturated rings. The van der Waals surface area contributed by atoms with Crippen molar-refractivity contribution in [3.05, 3.63) is 18.3 Å². The van der Waals surface area contributed by atoms with Gasteiger partial charge in [0.25, 0.3) is 0 Å². The van der Waals surface area contributed by atoms with E-state index in [1.807, 2.05) is 12.1 Å². The van der Waals surface area contributed by atoms with Crippen LogP contribution >= 0.6 is 0 Å². The van der Waals surface area contributed by atoms with Crippen molar-refractivity contribution in [1.29, 1.82) is 0 Å². The average Bonchev–Trinajstić information content (AvgIpc) is 2.83. The maximum Gasteiger partial charge on any atom is 0.168 e. The number of anilines is 1. The number of aromatic nitrogens is 1. The van der Waals surface area contributed by atoms with E-state index in [1.165, 1.54) is 6.42 Å². The van der Waals surface area contributed by atoms with E-state index in [-0.39, 0.29) is 0 Å². The summed E-state index contributed by atoms with van der Waals surface area (Å²) in [6.45, 7) is 2.23. The standard InChI is InChI=1S/C10H14N2O/c1-7-6-8(7)12-10-9(13-2)4-3-5-11-10/h3-5,7-8H,6H2,1-2H3,(H,11,12). The molecule has 0 bridgehead atoms. The lowest BCUT2D eigenvalue weighted by atomic mass is 10.4. The minimum atomic E-state index is 0.587. The minimum absolute atomic E-state index is 0.587. The molecule has 1 aliphatic rings. The maximum atomic E-state index is 5.18. The van der Waals surface area contributed by atoms with Gasteiger partial charge in [0.15, 0.2) is 11.6 Å². The van der Waals surface area contributed by atoms with Gasteiger partial charge in [0.1, 0.15) is 0 Å². The number of nitrogens with one attached hydrogen (secondary N) is 1. The van der Waals surface area contributed by atoms with Gasteiger partial charge in [0.05, 0.1) is 7.11 Å². The summed E-state index contributed by atoms with van der Waals surface area (Å²) in [4.78, 5) is 4.23. The fourth-order valence-electron chi connectivity index (χ4n) is 1.36. The molecule has 2 unspecified atom stereocenters. The first-order valence-corrected chi connectivity index (χ1v) is 4.57. The molecule has 2 rings (SSSR count). The number of rotatable bonds is 3. The maximum absolute atomic E-state index is 5.18. The second-order valence-corrected chi connectivity index (χ2v) is 3.52. The van der Waals surface area contributed by atoms with E-state index in [4.69, 9.17) is 4.74 Å². The van der Waals surface area contributed by atoms with Gasteiger partial charge in [-0.25, -0.2) is 4.98 Å². The first-order chi connectivity index (χ1) is 6.31. The Bertz CT molecular complexity index is 301. The topological polar surface area (TPSA) is 34.1 Å². The fourth-order valence-corrected chi connectivity index (χ4v) is 1.36. The first-order valence-electron chi connectivity index (χ1n) is 4.57. The van der Waals surface area contributed by atoms with Crippen LogP contribution in [0.15, 0.2) is 18.3 Å². The Balaban J connectivity index is 2.09. The zero-order valence-corrected chi connectivity index (χ0v) is 7.95. The van der Waals surface area contributed by atoms with Gasteiger partial charge in [-0.15, -0.1) is 0 Å². The second-order valence-electron chi connectivity index (χ2n) is 3.52. The third-order valence-corrected chi connectivity index (χ3v) is 2.42. The summed E-state index contributed by atoms with van der Waals surface area (Å²) in [7, 11) is 1.67. The highest BCUT2D eigenvalue weighted by Gasteiger charge is 2.33. The normalized spacial score (nSPS) is 25.4. The Morgan fingerprint density at radius 3 is 3.00 bits per heavy atom. The Kier molecular flexibility index (Phi) is 2.08. The summed E-state index contributed by atoms with van der Waals surface area (Å²) < 4.78 is 5.18. The molecule has 13 heavy (non-hydrogen) atoms. The van der Waals surface area contributed by atoms with Gasteiger partial charge in [-0.3, -0.25) is 0 Å². The first kappa shape index (κ1) is 8.35. The highest BCUT2D eigenvalue weighted by atomic mass is 16.5. The third kappa shape index (κ3) is 1.74. The molecule has 0 spiro atoms. The number of nitrogens with zero attached hydrogens (tertiary/aromatic N) is 1. The number of hydrogen-bond acceptors (Lipinski definition) is 3. The number of pyridine rings is 1. The van der Waals surface area contributed by atoms with Gasteiger partial charge in [0.2, 0.25) is 0 Å². The van der Waals surface area contributed by atoms with Gasteiger partial charge < -0.3 is 10.1 Å². The lowest BCUT2D eigenvalue weighted by Crippen LogP contribution is -2.06.